The quantitative estimate of drug-likeness (QED) is 0.440. The highest BCUT2D eigenvalue weighted by Gasteiger charge is 2.47. The molecular formula is C26H22O8. The van der Waals surface area contributed by atoms with Crippen LogP contribution in [0.2, 0.25) is 0 Å². The smallest absolute Gasteiger partial charge is 0.338 e. The van der Waals surface area contributed by atoms with Gasteiger partial charge in [0, 0.05) is 0 Å². The molecule has 0 saturated carbocycles. The molecule has 1 heterocycles. The Balaban J connectivity index is 1.59. The van der Waals surface area contributed by atoms with Crippen molar-refractivity contribution in [1.82, 2.24) is 0 Å². The number of esters is 3. The van der Waals surface area contributed by atoms with Crippen molar-refractivity contribution in [3.05, 3.63) is 108 Å². The second-order valence-corrected chi connectivity index (χ2v) is 7.51. The van der Waals surface area contributed by atoms with Crippen LogP contribution in [0.5, 0.6) is 0 Å². The number of carbonyl (C=O) groups excluding carboxylic acids is 3. The van der Waals surface area contributed by atoms with Gasteiger partial charge in [0.15, 0.2) is 24.6 Å². The van der Waals surface area contributed by atoms with E-state index in [1.807, 2.05) is 0 Å². The zero-order valence-corrected chi connectivity index (χ0v) is 18.0. The fourth-order valence-electron chi connectivity index (χ4n) is 3.44. The van der Waals surface area contributed by atoms with Gasteiger partial charge in [0.1, 0.15) is 0 Å². The molecule has 1 saturated heterocycles. The number of carbonyl (C=O) groups is 3. The van der Waals surface area contributed by atoms with E-state index in [-0.39, 0.29) is 23.3 Å². The van der Waals surface area contributed by atoms with E-state index in [4.69, 9.17) is 18.9 Å². The van der Waals surface area contributed by atoms with Gasteiger partial charge in [-0.2, -0.15) is 0 Å². The largest absolute Gasteiger partial charge is 0.452 e. The highest BCUT2D eigenvalue weighted by atomic mass is 16.7. The fourth-order valence-corrected chi connectivity index (χ4v) is 3.44. The molecule has 3 aromatic carbocycles. The monoisotopic (exact) mass is 462 g/mol. The van der Waals surface area contributed by atoms with Crippen LogP contribution < -0.4 is 0 Å². The van der Waals surface area contributed by atoms with Crippen LogP contribution in [0.3, 0.4) is 0 Å². The Kier molecular flexibility index (Phi) is 7.31. The van der Waals surface area contributed by atoms with Crippen molar-refractivity contribution in [3.63, 3.8) is 0 Å². The van der Waals surface area contributed by atoms with Crippen molar-refractivity contribution in [2.45, 2.75) is 24.6 Å². The van der Waals surface area contributed by atoms with E-state index in [1.165, 1.54) is 12.1 Å². The van der Waals surface area contributed by atoms with Crippen molar-refractivity contribution in [2.75, 3.05) is 6.61 Å². The molecule has 0 aromatic heterocycles. The lowest BCUT2D eigenvalue weighted by molar-refractivity contribution is -0.251. The maximum atomic E-state index is 12.8. The minimum Gasteiger partial charge on any atom is -0.452 e. The lowest BCUT2D eigenvalue weighted by Gasteiger charge is -2.38. The van der Waals surface area contributed by atoms with Crippen LogP contribution >= 0.6 is 0 Å². The van der Waals surface area contributed by atoms with Gasteiger partial charge < -0.3 is 24.1 Å². The van der Waals surface area contributed by atoms with Gasteiger partial charge in [-0.15, -0.1) is 0 Å². The second-order valence-electron chi connectivity index (χ2n) is 7.51. The van der Waals surface area contributed by atoms with Crippen LogP contribution in [0.25, 0.3) is 0 Å². The van der Waals surface area contributed by atoms with Gasteiger partial charge >= 0.3 is 17.9 Å². The summed E-state index contributed by atoms with van der Waals surface area (Å²) in [6.07, 6.45) is -5.51. The number of rotatable bonds is 6. The average molecular weight is 462 g/mol. The van der Waals surface area contributed by atoms with Crippen molar-refractivity contribution in [1.29, 1.82) is 0 Å². The molecule has 0 aliphatic carbocycles. The molecule has 0 spiro atoms. The van der Waals surface area contributed by atoms with E-state index in [1.54, 1.807) is 78.9 Å². The van der Waals surface area contributed by atoms with E-state index in [2.05, 4.69) is 0 Å². The molecule has 0 bridgehead atoms. The van der Waals surface area contributed by atoms with Gasteiger partial charge in [0.05, 0.1) is 23.3 Å². The van der Waals surface area contributed by atoms with Gasteiger partial charge in [-0.05, 0) is 36.4 Å². The Bertz CT molecular complexity index is 1120. The summed E-state index contributed by atoms with van der Waals surface area (Å²) >= 11 is 0. The van der Waals surface area contributed by atoms with Gasteiger partial charge in [0.2, 0.25) is 0 Å². The third kappa shape index (κ3) is 5.48. The lowest BCUT2D eigenvalue weighted by atomic mass is 10.0. The average Bonchev–Trinajstić information content (AvgIpc) is 2.89. The highest BCUT2D eigenvalue weighted by molar-refractivity contribution is 5.91. The van der Waals surface area contributed by atoms with Crippen molar-refractivity contribution < 1.29 is 38.4 Å². The summed E-state index contributed by atoms with van der Waals surface area (Å²) in [6.45, 7) is -0.272. The number of benzene rings is 3. The SMILES string of the molecule is O=C(OC1C(OC(=O)c2ccccc2)[C@H](OC(=O)c2ccccc2)CO[C@H]1O)c1ccccc1. The Morgan fingerprint density at radius 2 is 1.00 bits per heavy atom. The predicted molar refractivity (Wildman–Crippen MR) is 119 cm³/mol. The summed E-state index contributed by atoms with van der Waals surface area (Å²) in [6, 6.07) is 24.5. The molecule has 34 heavy (non-hydrogen) atoms. The predicted octanol–water partition coefficient (Wildman–Crippen LogP) is 3.01. The molecule has 1 N–H and O–H groups in total. The third-order valence-electron chi connectivity index (χ3n) is 5.18. The van der Waals surface area contributed by atoms with E-state index in [0.717, 1.165) is 0 Å². The van der Waals surface area contributed by atoms with Gasteiger partial charge in [-0.3, -0.25) is 0 Å². The summed E-state index contributed by atoms with van der Waals surface area (Å²) in [7, 11) is 0. The zero-order valence-electron chi connectivity index (χ0n) is 18.0. The molecule has 1 aliphatic heterocycles. The minimum absolute atomic E-state index is 0.228. The van der Waals surface area contributed by atoms with Crippen molar-refractivity contribution in [3.8, 4) is 0 Å². The normalized spacial score (nSPS) is 21.8. The second kappa shape index (κ2) is 10.7. The Morgan fingerprint density at radius 1 is 0.618 bits per heavy atom. The molecule has 0 radical (unpaired) electrons. The highest BCUT2D eigenvalue weighted by Crippen LogP contribution is 2.25. The summed E-state index contributed by atoms with van der Waals surface area (Å²) in [5.41, 5.74) is 0.746. The molecule has 4 atom stereocenters. The fraction of sp³-hybridized carbons (Fsp3) is 0.192. The molecule has 0 amide bonds. The maximum absolute atomic E-state index is 12.8. The number of ether oxygens (including phenoxy) is 4. The summed E-state index contributed by atoms with van der Waals surface area (Å²) in [5, 5.41) is 10.5. The maximum Gasteiger partial charge on any atom is 0.338 e. The first-order chi connectivity index (χ1) is 16.5. The van der Waals surface area contributed by atoms with Crippen molar-refractivity contribution in [2.24, 2.45) is 0 Å². The van der Waals surface area contributed by atoms with Crippen molar-refractivity contribution >= 4 is 17.9 Å². The number of aliphatic hydroxyl groups is 1. The first-order valence-corrected chi connectivity index (χ1v) is 10.6. The first kappa shape index (κ1) is 23.2. The van der Waals surface area contributed by atoms with E-state index in [9.17, 15) is 19.5 Å². The lowest BCUT2D eigenvalue weighted by Crippen LogP contribution is -2.57. The van der Waals surface area contributed by atoms with Crippen LogP contribution in [-0.2, 0) is 18.9 Å². The molecule has 174 valence electrons. The van der Waals surface area contributed by atoms with Crippen LogP contribution in [-0.4, -0.2) is 54.2 Å². The number of hydrogen-bond donors (Lipinski definition) is 1. The third-order valence-corrected chi connectivity index (χ3v) is 5.18. The Morgan fingerprint density at radius 3 is 1.44 bits per heavy atom. The minimum atomic E-state index is -1.60. The Labute approximate surface area is 195 Å². The van der Waals surface area contributed by atoms with Crippen LogP contribution in [0, 0.1) is 0 Å². The van der Waals surface area contributed by atoms with Crippen LogP contribution in [0.15, 0.2) is 91.0 Å². The topological polar surface area (TPSA) is 108 Å². The molecule has 1 aliphatic rings. The van der Waals surface area contributed by atoms with Gasteiger partial charge in [-0.25, -0.2) is 14.4 Å². The molecule has 2 unspecified atom stereocenters. The standard InChI is InChI=1S/C26H22O8/c27-23(17-10-4-1-5-11-17)32-20-16-31-26(30)22(34-25(29)19-14-8-3-9-15-19)21(20)33-24(28)18-12-6-2-7-13-18/h1-15,20-22,26,30H,16H2/t20-,21?,22?,26-/m1/s1. The number of aliphatic hydroxyl groups excluding tert-OH is 1. The summed E-state index contributed by atoms with van der Waals surface area (Å²) in [4.78, 5) is 38.1. The van der Waals surface area contributed by atoms with E-state index < -0.39 is 42.5 Å². The summed E-state index contributed by atoms with van der Waals surface area (Å²) in [5.74, 6) is -2.18. The molecule has 3 aromatic rings. The van der Waals surface area contributed by atoms with Crippen LogP contribution in [0.4, 0.5) is 0 Å². The molecule has 4 rings (SSSR count). The molecule has 8 heteroatoms. The zero-order chi connectivity index (χ0) is 23.9. The van der Waals surface area contributed by atoms with E-state index in [0.29, 0.717) is 0 Å². The summed E-state index contributed by atoms with van der Waals surface area (Å²) < 4.78 is 21.9. The Hall–Kier alpha value is -4.01. The molecule has 8 nitrogen and oxygen atoms in total. The first-order valence-electron chi connectivity index (χ1n) is 10.6. The van der Waals surface area contributed by atoms with Gasteiger partial charge in [0.25, 0.3) is 0 Å². The molecular weight excluding hydrogens is 440 g/mol. The number of hydrogen-bond acceptors (Lipinski definition) is 8. The molecule has 1 fully saturated rings. The van der Waals surface area contributed by atoms with E-state index >= 15 is 0 Å². The van der Waals surface area contributed by atoms with Crippen LogP contribution in [0.1, 0.15) is 31.1 Å². The van der Waals surface area contributed by atoms with Gasteiger partial charge in [-0.1, -0.05) is 54.6 Å².